The highest BCUT2D eigenvalue weighted by Gasteiger charge is 2.06. The van der Waals surface area contributed by atoms with Gasteiger partial charge in [-0.3, -0.25) is 4.79 Å². The molecule has 2 rings (SSSR count). The molecule has 94 valence electrons. The van der Waals surface area contributed by atoms with E-state index in [1.165, 1.54) is 11.3 Å². The van der Waals surface area contributed by atoms with Crippen molar-refractivity contribution in [3.8, 4) is 0 Å². The average Bonchev–Trinajstić information content (AvgIpc) is 2.91. The number of carbonyl (C=O) groups excluding carboxylic acids is 1. The van der Waals surface area contributed by atoms with Gasteiger partial charge in [0.05, 0.1) is 12.1 Å². The van der Waals surface area contributed by atoms with Crippen LogP contribution < -0.4 is 5.32 Å². The number of hydrogen-bond acceptors (Lipinski definition) is 4. The Bertz CT molecular complexity index is 511. The van der Waals surface area contributed by atoms with Crippen molar-refractivity contribution in [3.05, 3.63) is 52.0 Å². The Labute approximate surface area is 110 Å². The van der Waals surface area contributed by atoms with E-state index in [0.29, 0.717) is 18.8 Å². The summed E-state index contributed by atoms with van der Waals surface area (Å²) in [5.41, 5.74) is 4.26. The zero-order valence-electron chi connectivity index (χ0n) is 10.1. The van der Waals surface area contributed by atoms with Crippen molar-refractivity contribution in [1.29, 1.82) is 0 Å². The quantitative estimate of drug-likeness (QED) is 0.899. The van der Waals surface area contributed by atoms with Crippen LogP contribution in [-0.2, 0) is 17.9 Å². The van der Waals surface area contributed by atoms with Crippen molar-refractivity contribution in [1.82, 2.24) is 10.3 Å². The third-order valence-corrected chi connectivity index (χ3v) is 3.01. The smallest absolute Gasteiger partial charge is 0.271 e. The predicted molar refractivity (Wildman–Crippen MR) is 70.4 cm³/mol. The third kappa shape index (κ3) is 3.38. The summed E-state index contributed by atoms with van der Waals surface area (Å²) < 4.78 is 5.07. The monoisotopic (exact) mass is 262 g/mol. The van der Waals surface area contributed by atoms with Crippen molar-refractivity contribution >= 4 is 17.2 Å². The maximum Gasteiger partial charge on any atom is 0.271 e. The molecule has 0 spiro atoms. The molecule has 0 saturated carbocycles. The summed E-state index contributed by atoms with van der Waals surface area (Å²) in [5.74, 6) is -0.145. The fraction of sp³-hybridized carbons (Fsp3) is 0.231. The molecular formula is C13H14N2O2S. The van der Waals surface area contributed by atoms with E-state index in [1.54, 1.807) is 18.0 Å². The van der Waals surface area contributed by atoms with Crippen LogP contribution >= 0.6 is 11.3 Å². The highest BCUT2D eigenvalue weighted by atomic mass is 32.1. The van der Waals surface area contributed by atoms with Gasteiger partial charge in [-0.1, -0.05) is 24.3 Å². The van der Waals surface area contributed by atoms with Gasteiger partial charge in [-0.15, -0.1) is 11.3 Å². The van der Waals surface area contributed by atoms with Crippen LogP contribution in [0.1, 0.15) is 21.6 Å². The number of amides is 1. The summed E-state index contributed by atoms with van der Waals surface area (Å²) in [7, 11) is 1.66. The van der Waals surface area contributed by atoms with E-state index < -0.39 is 0 Å². The van der Waals surface area contributed by atoms with Gasteiger partial charge in [-0.2, -0.15) is 0 Å². The lowest BCUT2D eigenvalue weighted by molar-refractivity contribution is 0.0946. The number of nitrogens with one attached hydrogen (secondary N) is 1. The van der Waals surface area contributed by atoms with E-state index in [9.17, 15) is 4.79 Å². The Morgan fingerprint density at radius 3 is 3.00 bits per heavy atom. The minimum Gasteiger partial charge on any atom is -0.380 e. The van der Waals surface area contributed by atoms with E-state index in [0.717, 1.165) is 11.1 Å². The van der Waals surface area contributed by atoms with Crippen LogP contribution in [-0.4, -0.2) is 18.0 Å². The molecule has 0 atom stereocenters. The highest BCUT2D eigenvalue weighted by molar-refractivity contribution is 7.07. The molecule has 1 aromatic carbocycles. The zero-order chi connectivity index (χ0) is 12.8. The second-order valence-electron chi connectivity index (χ2n) is 3.81. The summed E-state index contributed by atoms with van der Waals surface area (Å²) in [6.45, 7) is 1.07. The number of carbonyl (C=O) groups is 1. The molecule has 0 fully saturated rings. The number of rotatable bonds is 5. The molecule has 4 nitrogen and oxygen atoms in total. The minimum absolute atomic E-state index is 0.145. The van der Waals surface area contributed by atoms with Crippen LogP contribution in [0, 0.1) is 0 Å². The topological polar surface area (TPSA) is 51.2 Å². The fourth-order valence-corrected chi connectivity index (χ4v) is 2.13. The summed E-state index contributed by atoms with van der Waals surface area (Å²) in [4.78, 5) is 15.7. The Morgan fingerprint density at radius 1 is 1.44 bits per heavy atom. The molecule has 0 aliphatic rings. The normalized spacial score (nSPS) is 10.3. The number of nitrogens with zero attached hydrogens (tertiary/aromatic N) is 1. The summed E-state index contributed by atoms with van der Waals surface area (Å²) in [6.07, 6.45) is 0. The predicted octanol–water partition coefficient (Wildman–Crippen LogP) is 2.22. The Kier molecular flexibility index (Phi) is 4.44. The molecule has 1 N–H and O–H groups in total. The van der Waals surface area contributed by atoms with Gasteiger partial charge in [0.1, 0.15) is 5.69 Å². The Morgan fingerprint density at radius 2 is 2.28 bits per heavy atom. The average molecular weight is 262 g/mol. The number of benzene rings is 1. The van der Waals surface area contributed by atoms with Crippen LogP contribution in [0.25, 0.3) is 0 Å². The molecule has 1 amide bonds. The third-order valence-electron chi connectivity index (χ3n) is 2.42. The van der Waals surface area contributed by atoms with Gasteiger partial charge in [0.2, 0.25) is 0 Å². The fourth-order valence-electron chi connectivity index (χ4n) is 1.59. The van der Waals surface area contributed by atoms with Crippen LogP contribution in [0.2, 0.25) is 0 Å². The van der Waals surface area contributed by atoms with Crippen LogP contribution in [0.3, 0.4) is 0 Å². The molecule has 5 heteroatoms. The van der Waals surface area contributed by atoms with Gasteiger partial charge < -0.3 is 10.1 Å². The van der Waals surface area contributed by atoms with E-state index in [-0.39, 0.29) is 5.91 Å². The van der Waals surface area contributed by atoms with E-state index in [1.807, 2.05) is 24.3 Å². The van der Waals surface area contributed by atoms with Crippen molar-refractivity contribution in [2.75, 3.05) is 7.11 Å². The number of hydrogen-bond donors (Lipinski definition) is 1. The SMILES string of the molecule is COCc1cccc(CNC(=O)c2cscn2)c1. The number of ether oxygens (including phenoxy) is 1. The summed E-state index contributed by atoms with van der Waals surface area (Å²) in [5, 5.41) is 4.57. The second kappa shape index (κ2) is 6.28. The van der Waals surface area contributed by atoms with Gasteiger partial charge in [-0.05, 0) is 11.1 Å². The molecule has 0 saturated heterocycles. The Balaban J connectivity index is 1.93. The largest absolute Gasteiger partial charge is 0.380 e. The molecular weight excluding hydrogens is 248 g/mol. The molecule has 0 bridgehead atoms. The lowest BCUT2D eigenvalue weighted by Crippen LogP contribution is -2.23. The molecule has 0 unspecified atom stereocenters. The lowest BCUT2D eigenvalue weighted by Gasteiger charge is -2.06. The summed E-state index contributed by atoms with van der Waals surface area (Å²) >= 11 is 1.41. The molecule has 0 aliphatic carbocycles. The van der Waals surface area contributed by atoms with Crippen LogP contribution in [0.5, 0.6) is 0 Å². The zero-order valence-corrected chi connectivity index (χ0v) is 10.9. The molecule has 0 radical (unpaired) electrons. The maximum absolute atomic E-state index is 11.7. The van der Waals surface area contributed by atoms with E-state index in [4.69, 9.17) is 4.74 Å². The molecule has 0 aliphatic heterocycles. The van der Waals surface area contributed by atoms with Crippen molar-refractivity contribution in [2.45, 2.75) is 13.2 Å². The first kappa shape index (κ1) is 12.7. The van der Waals surface area contributed by atoms with Gasteiger partial charge in [0.15, 0.2) is 0 Å². The second-order valence-corrected chi connectivity index (χ2v) is 4.53. The van der Waals surface area contributed by atoms with Gasteiger partial charge in [-0.25, -0.2) is 4.98 Å². The van der Waals surface area contributed by atoms with Crippen molar-refractivity contribution in [2.24, 2.45) is 0 Å². The molecule has 1 aromatic heterocycles. The molecule has 18 heavy (non-hydrogen) atoms. The van der Waals surface area contributed by atoms with Gasteiger partial charge in [0.25, 0.3) is 5.91 Å². The number of aromatic nitrogens is 1. The minimum atomic E-state index is -0.145. The molecule has 2 aromatic rings. The first-order valence-electron chi connectivity index (χ1n) is 5.52. The standard InChI is InChI=1S/C13H14N2O2S/c1-17-7-11-4-2-3-10(5-11)6-14-13(16)12-8-18-9-15-12/h2-5,8-9H,6-7H2,1H3,(H,14,16). The summed E-state index contributed by atoms with van der Waals surface area (Å²) in [6, 6.07) is 7.94. The van der Waals surface area contributed by atoms with E-state index in [2.05, 4.69) is 10.3 Å². The van der Waals surface area contributed by atoms with Gasteiger partial charge in [0, 0.05) is 19.0 Å². The van der Waals surface area contributed by atoms with Gasteiger partial charge >= 0.3 is 0 Å². The molecule has 1 heterocycles. The number of thiazole rings is 1. The Hall–Kier alpha value is -1.72. The van der Waals surface area contributed by atoms with Crippen LogP contribution in [0.15, 0.2) is 35.2 Å². The van der Waals surface area contributed by atoms with Crippen molar-refractivity contribution < 1.29 is 9.53 Å². The lowest BCUT2D eigenvalue weighted by atomic mass is 10.1. The number of methoxy groups -OCH3 is 1. The van der Waals surface area contributed by atoms with E-state index >= 15 is 0 Å². The first-order chi connectivity index (χ1) is 8.79. The van der Waals surface area contributed by atoms with Crippen molar-refractivity contribution in [3.63, 3.8) is 0 Å². The maximum atomic E-state index is 11.7. The first-order valence-corrected chi connectivity index (χ1v) is 6.47. The highest BCUT2D eigenvalue weighted by Crippen LogP contribution is 2.07. The van der Waals surface area contributed by atoms with Crippen LogP contribution in [0.4, 0.5) is 0 Å².